The Hall–Kier alpha value is -0.467. The molecule has 0 atom stereocenters. The van der Waals surface area contributed by atoms with E-state index in [-0.39, 0.29) is 19.5 Å². The Balaban J connectivity index is 0.000000720. The molecule has 0 spiro atoms. The largest absolute Gasteiger partial charge is 0.331 e. The number of aryl methyl sites for hydroxylation is 1. The number of aromatic nitrogens is 2. The third-order valence-electron chi connectivity index (χ3n) is 1.81. The molecule has 58 valence electrons. The first-order valence-corrected chi connectivity index (χ1v) is 3.83. The number of benzene rings is 1. The Labute approximate surface area is 88.4 Å². The smallest absolute Gasteiger partial charge is 0.177 e. The summed E-state index contributed by atoms with van der Waals surface area (Å²) in [6.45, 7) is 0. The van der Waals surface area contributed by atoms with E-state index in [1.165, 1.54) is 0 Å². The summed E-state index contributed by atoms with van der Waals surface area (Å²) < 4.78 is 2.73. The average Bonchev–Trinajstić information content (AvgIpc) is 2.30. The van der Waals surface area contributed by atoms with Gasteiger partial charge in [0, 0.05) is 26.5 Å². The number of rotatable bonds is 0. The van der Waals surface area contributed by atoms with Gasteiger partial charge in [-0.05, 0) is 24.4 Å². The van der Waals surface area contributed by atoms with E-state index in [9.17, 15) is 0 Å². The van der Waals surface area contributed by atoms with Crippen LogP contribution in [0.5, 0.6) is 0 Å². The van der Waals surface area contributed by atoms with E-state index in [1.807, 2.05) is 35.9 Å². The summed E-state index contributed by atoms with van der Waals surface area (Å²) >= 11 is 5.06. The molecule has 1 N–H and O–H groups in total. The number of fused-ring (bicyclic) bond motifs is 1. The van der Waals surface area contributed by atoms with Gasteiger partial charge < -0.3 is 9.55 Å². The molecule has 1 aromatic carbocycles. The molecule has 0 bridgehead atoms. The van der Waals surface area contributed by atoms with E-state index >= 15 is 0 Å². The van der Waals surface area contributed by atoms with Crippen molar-refractivity contribution in [1.82, 2.24) is 9.55 Å². The van der Waals surface area contributed by atoms with Gasteiger partial charge in [-0.2, -0.15) is 0 Å². The predicted molar refractivity (Wildman–Crippen MR) is 48.1 cm³/mol. The van der Waals surface area contributed by atoms with Gasteiger partial charge in [-0.1, -0.05) is 12.1 Å². The third kappa shape index (κ3) is 1.37. The maximum absolute atomic E-state index is 5.06. The van der Waals surface area contributed by atoms with Crippen LogP contribution in [0.4, 0.5) is 0 Å². The van der Waals surface area contributed by atoms with Crippen LogP contribution in [0, 0.1) is 4.77 Å². The van der Waals surface area contributed by atoms with Crippen LogP contribution in [-0.4, -0.2) is 9.55 Å². The van der Waals surface area contributed by atoms with Gasteiger partial charge >= 0.3 is 0 Å². The van der Waals surface area contributed by atoms with Crippen molar-refractivity contribution < 1.29 is 19.5 Å². The van der Waals surface area contributed by atoms with Gasteiger partial charge in [-0.3, -0.25) is 0 Å². The fourth-order valence-electron chi connectivity index (χ4n) is 1.18. The second-order valence-electron chi connectivity index (χ2n) is 2.51. The normalized spacial score (nSPS) is 9.75. The summed E-state index contributed by atoms with van der Waals surface area (Å²) in [6, 6.07) is 8.06. The van der Waals surface area contributed by atoms with Gasteiger partial charge in [0.15, 0.2) is 4.77 Å². The zero-order valence-corrected chi connectivity index (χ0v) is 10.7. The molecule has 0 saturated heterocycles. The van der Waals surface area contributed by atoms with Crippen LogP contribution >= 0.6 is 12.2 Å². The number of nitrogens with zero attached hydrogens (tertiary/aromatic N) is 1. The monoisotopic (exact) mass is 228 g/mol. The fourth-order valence-corrected chi connectivity index (χ4v) is 1.39. The Bertz CT molecular complexity index is 443. The van der Waals surface area contributed by atoms with Crippen LogP contribution < -0.4 is 0 Å². The molecule has 0 saturated carbocycles. The SMILES string of the molecule is Cn1c(=S)[nH]c2ccccc21.[Zn]. The number of imidazole rings is 1. The summed E-state index contributed by atoms with van der Waals surface area (Å²) in [7, 11) is 1.96. The molecule has 2 rings (SSSR count). The van der Waals surface area contributed by atoms with Crippen LogP contribution in [0.3, 0.4) is 0 Å². The van der Waals surface area contributed by atoms with Crippen molar-refractivity contribution in [3.63, 3.8) is 0 Å². The topological polar surface area (TPSA) is 20.7 Å². The van der Waals surface area contributed by atoms with E-state index in [4.69, 9.17) is 12.2 Å². The first-order valence-electron chi connectivity index (χ1n) is 3.43. The fraction of sp³-hybridized carbons (Fsp3) is 0.125. The Kier molecular flexibility index (Phi) is 2.81. The van der Waals surface area contributed by atoms with Gasteiger partial charge in [-0.15, -0.1) is 0 Å². The number of para-hydroxylation sites is 2. The van der Waals surface area contributed by atoms with Crippen molar-refractivity contribution in [3.05, 3.63) is 29.0 Å². The molecule has 2 nitrogen and oxygen atoms in total. The quantitative estimate of drug-likeness (QED) is 0.543. The van der Waals surface area contributed by atoms with Gasteiger partial charge in [0.05, 0.1) is 11.0 Å². The predicted octanol–water partition coefficient (Wildman–Crippen LogP) is 2.23. The summed E-state index contributed by atoms with van der Waals surface area (Å²) in [6.07, 6.45) is 0. The molecule has 0 aliphatic heterocycles. The van der Waals surface area contributed by atoms with E-state index in [2.05, 4.69) is 4.98 Å². The van der Waals surface area contributed by atoms with E-state index in [0.29, 0.717) is 0 Å². The number of nitrogens with one attached hydrogen (secondary N) is 1. The first kappa shape index (κ1) is 9.62. The molecule has 1 aromatic heterocycles. The average molecular weight is 230 g/mol. The molecular weight excluding hydrogens is 222 g/mol. The number of H-pyrrole nitrogens is 1. The molecule has 1 heterocycles. The van der Waals surface area contributed by atoms with Crippen LogP contribution in [0.1, 0.15) is 0 Å². The first-order chi connectivity index (χ1) is 5.29. The van der Waals surface area contributed by atoms with E-state index in [0.717, 1.165) is 15.8 Å². The van der Waals surface area contributed by atoms with Crippen molar-refractivity contribution in [2.24, 2.45) is 7.05 Å². The zero-order valence-electron chi connectivity index (χ0n) is 6.87. The maximum atomic E-state index is 5.06. The molecule has 0 amide bonds. The Morgan fingerprint density at radius 1 is 1.33 bits per heavy atom. The number of hydrogen-bond donors (Lipinski definition) is 1. The van der Waals surface area contributed by atoms with Crippen molar-refractivity contribution in [3.8, 4) is 0 Å². The number of aromatic amines is 1. The Morgan fingerprint density at radius 2 is 2.00 bits per heavy atom. The van der Waals surface area contributed by atoms with Gasteiger partial charge in [-0.25, -0.2) is 0 Å². The van der Waals surface area contributed by atoms with Crippen LogP contribution in [0.2, 0.25) is 0 Å². The maximum Gasteiger partial charge on any atom is 0.177 e. The summed E-state index contributed by atoms with van der Waals surface area (Å²) in [5.74, 6) is 0. The molecule has 0 unspecified atom stereocenters. The summed E-state index contributed by atoms with van der Waals surface area (Å²) in [4.78, 5) is 3.10. The molecule has 0 fully saturated rings. The number of hydrogen-bond acceptors (Lipinski definition) is 1. The van der Waals surface area contributed by atoms with Crippen LogP contribution in [0.15, 0.2) is 24.3 Å². The van der Waals surface area contributed by atoms with Crippen LogP contribution in [0.25, 0.3) is 11.0 Å². The summed E-state index contributed by atoms with van der Waals surface area (Å²) in [5.41, 5.74) is 2.25. The van der Waals surface area contributed by atoms with E-state index < -0.39 is 0 Å². The van der Waals surface area contributed by atoms with Gasteiger partial charge in [0.25, 0.3) is 0 Å². The minimum Gasteiger partial charge on any atom is -0.331 e. The Morgan fingerprint density at radius 3 is 2.67 bits per heavy atom. The zero-order chi connectivity index (χ0) is 7.84. The molecule has 0 radical (unpaired) electrons. The van der Waals surface area contributed by atoms with Gasteiger partial charge in [0.1, 0.15) is 0 Å². The molecule has 0 aliphatic carbocycles. The van der Waals surface area contributed by atoms with Crippen molar-refractivity contribution in [2.75, 3.05) is 0 Å². The van der Waals surface area contributed by atoms with Crippen molar-refractivity contribution in [1.29, 1.82) is 0 Å². The molecule has 2 aromatic rings. The minimum atomic E-state index is 0. The second-order valence-corrected chi connectivity index (χ2v) is 2.89. The van der Waals surface area contributed by atoms with Crippen molar-refractivity contribution >= 4 is 23.3 Å². The second kappa shape index (κ2) is 3.50. The third-order valence-corrected chi connectivity index (χ3v) is 2.19. The van der Waals surface area contributed by atoms with E-state index in [1.54, 1.807) is 0 Å². The molecule has 0 aliphatic rings. The van der Waals surface area contributed by atoms with Crippen LogP contribution in [-0.2, 0) is 26.5 Å². The molecule has 12 heavy (non-hydrogen) atoms. The minimum absolute atomic E-state index is 0. The van der Waals surface area contributed by atoms with Crippen molar-refractivity contribution in [2.45, 2.75) is 0 Å². The molecule has 4 heteroatoms. The molecular formula is C8H8N2SZn. The van der Waals surface area contributed by atoms with Gasteiger partial charge in [0.2, 0.25) is 0 Å². The standard InChI is InChI=1S/C8H8N2S.Zn/c1-10-7-5-3-2-4-6(7)9-8(10)11;/h2-5H,1H3,(H,9,11);. The summed E-state index contributed by atoms with van der Waals surface area (Å²) in [5, 5.41) is 0.